The minimum Gasteiger partial charge on any atom is -0.489 e. The number of aromatic nitrogens is 1. The predicted octanol–water partition coefficient (Wildman–Crippen LogP) is 2.84. The predicted molar refractivity (Wildman–Crippen MR) is 95.3 cm³/mol. The van der Waals surface area contributed by atoms with Crippen LogP contribution in [0.4, 0.5) is 5.82 Å². The third-order valence-corrected chi connectivity index (χ3v) is 3.99. The Morgan fingerprint density at radius 3 is 2.67 bits per heavy atom. The third kappa shape index (κ3) is 5.51. The Morgan fingerprint density at radius 1 is 1.08 bits per heavy atom. The SMILES string of the molecule is c1ccc(COCCNc2ccc(OC3CCNCC3)cn2)cc1. The van der Waals surface area contributed by atoms with Gasteiger partial charge in [-0.2, -0.15) is 0 Å². The zero-order valence-electron chi connectivity index (χ0n) is 13.9. The van der Waals surface area contributed by atoms with E-state index in [0.29, 0.717) is 19.3 Å². The van der Waals surface area contributed by atoms with Crippen molar-refractivity contribution in [2.75, 3.05) is 31.6 Å². The summed E-state index contributed by atoms with van der Waals surface area (Å²) in [5.41, 5.74) is 1.19. The van der Waals surface area contributed by atoms with Crippen LogP contribution in [-0.2, 0) is 11.3 Å². The molecular formula is C19H25N3O2. The van der Waals surface area contributed by atoms with Crippen LogP contribution in [0.5, 0.6) is 5.75 Å². The first kappa shape index (κ1) is 16.7. The number of anilines is 1. The van der Waals surface area contributed by atoms with E-state index in [0.717, 1.165) is 44.0 Å². The lowest BCUT2D eigenvalue weighted by molar-refractivity contribution is 0.130. The van der Waals surface area contributed by atoms with Crippen molar-refractivity contribution in [1.82, 2.24) is 10.3 Å². The molecule has 0 radical (unpaired) electrons. The van der Waals surface area contributed by atoms with Gasteiger partial charge in [0.1, 0.15) is 17.7 Å². The molecule has 0 aliphatic carbocycles. The summed E-state index contributed by atoms with van der Waals surface area (Å²) in [5.74, 6) is 1.68. The molecule has 0 atom stereocenters. The van der Waals surface area contributed by atoms with Gasteiger partial charge in [0.2, 0.25) is 0 Å². The van der Waals surface area contributed by atoms with Crippen LogP contribution in [0.15, 0.2) is 48.7 Å². The quantitative estimate of drug-likeness (QED) is 0.730. The molecule has 1 aromatic carbocycles. The molecule has 0 bridgehead atoms. The summed E-state index contributed by atoms with van der Waals surface area (Å²) in [6.07, 6.45) is 4.20. The number of piperidine rings is 1. The fraction of sp³-hybridized carbons (Fsp3) is 0.421. The molecule has 128 valence electrons. The van der Waals surface area contributed by atoms with E-state index in [1.165, 1.54) is 5.56 Å². The first-order chi connectivity index (χ1) is 11.9. The van der Waals surface area contributed by atoms with E-state index in [1.54, 1.807) is 6.20 Å². The summed E-state index contributed by atoms with van der Waals surface area (Å²) < 4.78 is 11.6. The Morgan fingerprint density at radius 2 is 1.92 bits per heavy atom. The summed E-state index contributed by atoms with van der Waals surface area (Å²) in [6.45, 7) is 4.07. The van der Waals surface area contributed by atoms with Gasteiger partial charge in [0.05, 0.1) is 19.4 Å². The minimum atomic E-state index is 0.304. The van der Waals surface area contributed by atoms with Crippen LogP contribution in [0.2, 0.25) is 0 Å². The van der Waals surface area contributed by atoms with E-state index in [9.17, 15) is 0 Å². The maximum absolute atomic E-state index is 5.95. The van der Waals surface area contributed by atoms with Crippen molar-refractivity contribution in [2.45, 2.75) is 25.6 Å². The second-order valence-corrected chi connectivity index (χ2v) is 5.91. The van der Waals surface area contributed by atoms with Gasteiger partial charge in [0.25, 0.3) is 0 Å². The molecule has 2 aromatic rings. The van der Waals surface area contributed by atoms with E-state index in [4.69, 9.17) is 9.47 Å². The second kappa shape index (κ2) is 9.25. The number of nitrogens with zero attached hydrogens (tertiary/aromatic N) is 1. The topological polar surface area (TPSA) is 55.4 Å². The number of nitrogens with one attached hydrogen (secondary N) is 2. The molecular weight excluding hydrogens is 302 g/mol. The standard InChI is InChI=1S/C19H25N3O2/c1-2-4-16(5-3-1)15-23-13-12-21-19-7-6-18(14-22-19)24-17-8-10-20-11-9-17/h1-7,14,17,20H,8-13,15H2,(H,21,22). The highest BCUT2D eigenvalue weighted by Crippen LogP contribution is 2.17. The van der Waals surface area contributed by atoms with Gasteiger partial charge in [-0.15, -0.1) is 0 Å². The molecule has 0 amide bonds. The summed E-state index contributed by atoms with van der Waals surface area (Å²) in [7, 11) is 0. The van der Waals surface area contributed by atoms with Gasteiger partial charge in [-0.3, -0.25) is 0 Å². The molecule has 24 heavy (non-hydrogen) atoms. The monoisotopic (exact) mass is 327 g/mol. The van der Waals surface area contributed by atoms with Crippen molar-refractivity contribution in [3.8, 4) is 5.75 Å². The van der Waals surface area contributed by atoms with Crippen LogP contribution in [0.3, 0.4) is 0 Å². The van der Waals surface area contributed by atoms with Gasteiger partial charge in [-0.25, -0.2) is 4.98 Å². The Balaban J connectivity index is 1.33. The normalized spacial score (nSPS) is 15.2. The lowest BCUT2D eigenvalue weighted by atomic mass is 10.1. The van der Waals surface area contributed by atoms with Crippen molar-refractivity contribution in [3.63, 3.8) is 0 Å². The van der Waals surface area contributed by atoms with E-state index in [-0.39, 0.29) is 0 Å². The third-order valence-electron chi connectivity index (χ3n) is 3.99. The molecule has 2 N–H and O–H groups in total. The Kier molecular flexibility index (Phi) is 6.45. The number of pyridine rings is 1. The average molecular weight is 327 g/mol. The first-order valence-corrected chi connectivity index (χ1v) is 8.59. The Hall–Kier alpha value is -2.11. The molecule has 5 nitrogen and oxygen atoms in total. The molecule has 1 aliphatic rings. The van der Waals surface area contributed by atoms with E-state index in [2.05, 4.69) is 27.8 Å². The van der Waals surface area contributed by atoms with Crippen molar-refractivity contribution >= 4 is 5.82 Å². The number of rotatable bonds is 8. The number of ether oxygens (including phenoxy) is 2. The molecule has 0 spiro atoms. The smallest absolute Gasteiger partial charge is 0.138 e. The van der Waals surface area contributed by atoms with Gasteiger partial charge in [-0.05, 0) is 43.6 Å². The summed E-state index contributed by atoms with van der Waals surface area (Å²) in [5, 5.41) is 6.60. The van der Waals surface area contributed by atoms with Crippen molar-refractivity contribution in [3.05, 3.63) is 54.2 Å². The maximum atomic E-state index is 5.95. The van der Waals surface area contributed by atoms with Crippen LogP contribution in [0.25, 0.3) is 0 Å². The van der Waals surface area contributed by atoms with Crippen LogP contribution in [0.1, 0.15) is 18.4 Å². The molecule has 1 aromatic heterocycles. The summed E-state index contributed by atoms with van der Waals surface area (Å²) in [4.78, 5) is 4.39. The lowest BCUT2D eigenvalue weighted by Gasteiger charge is -2.23. The van der Waals surface area contributed by atoms with Crippen LogP contribution in [0, 0.1) is 0 Å². The van der Waals surface area contributed by atoms with Crippen molar-refractivity contribution in [1.29, 1.82) is 0 Å². The van der Waals surface area contributed by atoms with Gasteiger partial charge < -0.3 is 20.1 Å². The summed E-state index contributed by atoms with van der Waals surface area (Å²) >= 11 is 0. The molecule has 5 heteroatoms. The molecule has 0 unspecified atom stereocenters. The minimum absolute atomic E-state index is 0.304. The van der Waals surface area contributed by atoms with E-state index < -0.39 is 0 Å². The van der Waals surface area contributed by atoms with Crippen molar-refractivity contribution < 1.29 is 9.47 Å². The average Bonchev–Trinajstić information content (AvgIpc) is 2.65. The van der Waals surface area contributed by atoms with Crippen molar-refractivity contribution in [2.24, 2.45) is 0 Å². The highest BCUT2D eigenvalue weighted by atomic mass is 16.5. The van der Waals surface area contributed by atoms with E-state index >= 15 is 0 Å². The number of benzene rings is 1. The summed E-state index contributed by atoms with van der Waals surface area (Å²) in [6, 6.07) is 14.1. The molecule has 1 saturated heterocycles. The van der Waals surface area contributed by atoms with Gasteiger partial charge in [-0.1, -0.05) is 30.3 Å². The van der Waals surface area contributed by atoms with Crippen LogP contribution in [-0.4, -0.2) is 37.3 Å². The molecule has 3 rings (SSSR count). The Bertz CT molecular complexity index is 583. The fourth-order valence-electron chi connectivity index (χ4n) is 2.68. The van der Waals surface area contributed by atoms with Crippen LogP contribution >= 0.6 is 0 Å². The number of hydrogen-bond acceptors (Lipinski definition) is 5. The molecule has 2 heterocycles. The molecule has 1 aliphatic heterocycles. The largest absolute Gasteiger partial charge is 0.489 e. The second-order valence-electron chi connectivity index (χ2n) is 5.91. The zero-order valence-corrected chi connectivity index (χ0v) is 13.9. The molecule has 0 saturated carbocycles. The highest BCUT2D eigenvalue weighted by Gasteiger charge is 2.14. The van der Waals surface area contributed by atoms with Gasteiger partial charge in [0, 0.05) is 6.54 Å². The van der Waals surface area contributed by atoms with Gasteiger partial charge in [0.15, 0.2) is 0 Å². The first-order valence-electron chi connectivity index (χ1n) is 8.59. The molecule has 1 fully saturated rings. The fourth-order valence-corrected chi connectivity index (χ4v) is 2.68. The van der Waals surface area contributed by atoms with Crippen LogP contribution < -0.4 is 15.4 Å². The van der Waals surface area contributed by atoms with Gasteiger partial charge >= 0.3 is 0 Å². The lowest BCUT2D eigenvalue weighted by Crippen LogP contribution is -2.34. The zero-order chi connectivity index (χ0) is 16.5. The number of hydrogen-bond donors (Lipinski definition) is 2. The highest BCUT2D eigenvalue weighted by molar-refractivity contribution is 5.37. The van der Waals surface area contributed by atoms with E-state index in [1.807, 2.05) is 30.3 Å². The maximum Gasteiger partial charge on any atom is 0.138 e. The Labute approximate surface area is 143 Å².